The van der Waals surface area contributed by atoms with Gasteiger partial charge in [0.2, 0.25) is 0 Å². The van der Waals surface area contributed by atoms with E-state index in [-0.39, 0.29) is 11.8 Å². The average molecular weight is 341 g/mol. The smallest absolute Gasteiger partial charge is 0.257 e. The first-order valence-corrected chi connectivity index (χ1v) is 7.87. The Balaban J connectivity index is 1.71. The first-order valence-electron chi connectivity index (χ1n) is 6.99. The highest BCUT2D eigenvalue weighted by atomic mass is 32.1. The SMILES string of the molecule is O=C(Nc1cccc(C(=O)Nc2nccs2)c1)c1ccc(F)cc1. The second-order valence-electron chi connectivity index (χ2n) is 4.83. The number of thiazole rings is 1. The van der Waals surface area contributed by atoms with E-state index in [9.17, 15) is 14.0 Å². The molecular formula is C17H12FN3O2S. The number of benzene rings is 2. The minimum atomic E-state index is -0.410. The third-order valence-corrected chi connectivity index (χ3v) is 3.83. The summed E-state index contributed by atoms with van der Waals surface area (Å²) >= 11 is 1.32. The normalized spacial score (nSPS) is 10.2. The first kappa shape index (κ1) is 15.8. The molecule has 0 aliphatic heterocycles. The topological polar surface area (TPSA) is 71.1 Å². The fraction of sp³-hybridized carbons (Fsp3) is 0. The zero-order chi connectivity index (χ0) is 16.9. The predicted molar refractivity (Wildman–Crippen MR) is 90.9 cm³/mol. The molecule has 0 bridgehead atoms. The Kier molecular flexibility index (Phi) is 4.62. The fourth-order valence-electron chi connectivity index (χ4n) is 2.00. The molecule has 0 unspecified atom stereocenters. The highest BCUT2D eigenvalue weighted by Gasteiger charge is 2.10. The van der Waals surface area contributed by atoms with Crippen LogP contribution in [0.15, 0.2) is 60.1 Å². The third-order valence-electron chi connectivity index (χ3n) is 3.14. The van der Waals surface area contributed by atoms with Gasteiger partial charge in [-0.25, -0.2) is 9.37 Å². The van der Waals surface area contributed by atoms with E-state index in [0.717, 1.165) is 0 Å². The summed E-state index contributed by atoms with van der Waals surface area (Å²) in [6.45, 7) is 0. The van der Waals surface area contributed by atoms with Crippen LogP contribution in [0.4, 0.5) is 15.2 Å². The molecule has 2 aromatic carbocycles. The van der Waals surface area contributed by atoms with Crippen LogP contribution in [-0.4, -0.2) is 16.8 Å². The lowest BCUT2D eigenvalue weighted by Gasteiger charge is -2.07. The number of amides is 2. The monoisotopic (exact) mass is 341 g/mol. The molecule has 0 spiro atoms. The van der Waals surface area contributed by atoms with Gasteiger partial charge in [0.25, 0.3) is 11.8 Å². The van der Waals surface area contributed by atoms with Gasteiger partial charge >= 0.3 is 0 Å². The van der Waals surface area contributed by atoms with Gasteiger partial charge < -0.3 is 5.32 Å². The van der Waals surface area contributed by atoms with Crippen LogP contribution < -0.4 is 10.6 Å². The van der Waals surface area contributed by atoms with Crippen molar-refractivity contribution in [3.05, 3.63) is 77.1 Å². The van der Waals surface area contributed by atoms with Crippen molar-refractivity contribution in [3.63, 3.8) is 0 Å². The van der Waals surface area contributed by atoms with E-state index < -0.39 is 5.82 Å². The summed E-state index contributed by atoms with van der Waals surface area (Å²) in [6, 6.07) is 11.7. The average Bonchev–Trinajstić information content (AvgIpc) is 3.08. The summed E-state index contributed by atoms with van der Waals surface area (Å²) in [4.78, 5) is 28.3. The molecule has 0 saturated heterocycles. The van der Waals surface area contributed by atoms with E-state index in [0.29, 0.717) is 21.9 Å². The van der Waals surface area contributed by atoms with Gasteiger partial charge in [0.1, 0.15) is 5.82 Å². The molecule has 1 heterocycles. The van der Waals surface area contributed by atoms with Crippen LogP contribution >= 0.6 is 11.3 Å². The van der Waals surface area contributed by atoms with Crippen LogP contribution in [0.2, 0.25) is 0 Å². The molecule has 0 aliphatic rings. The van der Waals surface area contributed by atoms with Crippen molar-refractivity contribution in [1.82, 2.24) is 4.98 Å². The number of nitrogens with one attached hydrogen (secondary N) is 2. The number of halogens is 1. The summed E-state index contributed by atoms with van der Waals surface area (Å²) in [5.74, 6) is -1.11. The Morgan fingerprint density at radius 3 is 2.42 bits per heavy atom. The van der Waals surface area contributed by atoms with E-state index in [2.05, 4.69) is 15.6 Å². The van der Waals surface area contributed by atoms with Crippen LogP contribution in [-0.2, 0) is 0 Å². The summed E-state index contributed by atoms with van der Waals surface area (Å²) in [6.07, 6.45) is 1.60. The van der Waals surface area contributed by atoms with Crippen LogP contribution in [0.3, 0.4) is 0 Å². The molecule has 0 saturated carbocycles. The van der Waals surface area contributed by atoms with Crippen molar-refractivity contribution in [2.75, 3.05) is 10.6 Å². The molecule has 24 heavy (non-hydrogen) atoms. The van der Waals surface area contributed by atoms with Gasteiger partial charge in [0.05, 0.1) is 0 Å². The zero-order valence-corrected chi connectivity index (χ0v) is 13.1. The number of rotatable bonds is 4. The Morgan fingerprint density at radius 1 is 0.958 bits per heavy atom. The Labute approximate surface area is 141 Å². The van der Waals surface area contributed by atoms with E-state index in [1.165, 1.54) is 35.6 Å². The second-order valence-corrected chi connectivity index (χ2v) is 5.73. The number of aromatic nitrogens is 1. The molecule has 3 aromatic rings. The van der Waals surface area contributed by atoms with Crippen LogP contribution in [0.25, 0.3) is 0 Å². The van der Waals surface area contributed by atoms with Crippen LogP contribution in [0.5, 0.6) is 0 Å². The lowest BCUT2D eigenvalue weighted by molar-refractivity contribution is 0.101. The van der Waals surface area contributed by atoms with E-state index in [1.807, 2.05) is 0 Å². The summed E-state index contributed by atoms with van der Waals surface area (Å²) in [7, 11) is 0. The molecule has 3 rings (SSSR count). The molecule has 0 atom stereocenters. The lowest BCUT2D eigenvalue weighted by Crippen LogP contribution is -2.14. The fourth-order valence-corrected chi connectivity index (χ4v) is 2.52. The van der Waals surface area contributed by atoms with Crippen LogP contribution in [0.1, 0.15) is 20.7 Å². The maximum atomic E-state index is 12.9. The third kappa shape index (κ3) is 3.82. The Hall–Kier alpha value is -3.06. The second kappa shape index (κ2) is 7.01. The molecule has 2 amide bonds. The standard InChI is InChI=1S/C17H12FN3O2S/c18-13-6-4-11(5-7-13)15(22)20-14-3-1-2-12(10-14)16(23)21-17-19-8-9-24-17/h1-10H,(H,20,22)(H,19,21,23). The minimum absolute atomic E-state index is 0.317. The molecule has 0 radical (unpaired) electrons. The molecule has 7 heteroatoms. The maximum absolute atomic E-state index is 12.9. The highest BCUT2D eigenvalue weighted by molar-refractivity contribution is 7.13. The Morgan fingerprint density at radius 2 is 1.71 bits per heavy atom. The van der Waals surface area contributed by atoms with Gasteiger partial charge in [0, 0.05) is 28.4 Å². The number of hydrogen-bond acceptors (Lipinski definition) is 4. The molecule has 5 nitrogen and oxygen atoms in total. The first-order chi connectivity index (χ1) is 11.6. The van der Waals surface area contributed by atoms with Crippen molar-refractivity contribution in [2.45, 2.75) is 0 Å². The molecule has 1 aromatic heterocycles. The predicted octanol–water partition coefficient (Wildman–Crippen LogP) is 3.79. The number of carbonyl (C=O) groups excluding carboxylic acids is 2. The molecule has 0 aliphatic carbocycles. The zero-order valence-electron chi connectivity index (χ0n) is 12.3. The highest BCUT2D eigenvalue weighted by Crippen LogP contribution is 2.16. The van der Waals surface area contributed by atoms with Crippen molar-refractivity contribution in [3.8, 4) is 0 Å². The number of anilines is 2. The molecule has 0 fully saturated rings. The molecule has 2 N–H and O–H groups in total. The van der Waals surface area contributed by atoms with Crippen molar-refractivity contribution < 1.29 is 14.0 Å². The molecule has 120 valence electrons. The number of nitrogens with zero attached hydrogens (tertiary/aromatic N) is 1. The largest absolute Gasteiger partial charge is 0.322 e. The minimum Gasteiger partial charge on any atom is -0.322 e. The van der Waals surface area contributed by atoms with Crippen molar-refractivity contribution in [1.29, 1.82) is 0 Å². The van der Waals surface area contributed by atoms with E-state index >= 15 is 0 Å². The quantitative estimate of drug-likeness (QED) is 0.758. The molecular weight excluding hydrogens is 329 g/mol. The van der Waals surface area contributed by atoms with Gasteiger partial charge in [-0.2, -0.15) is 0 Å². The van der Waals surface area contributed by atoms with E-state index in [1.54, 1.807) is 35.8 Å². The van der Waals surface area contributed by atoms with E-state index in [4.69, 9.17) is 0 Å². The summed E-state index contributed by atoms with van der Waals surface area (Å²) in [5.41, 5.74) is 1.19. The van der Waals surface area contributed by atoms with Gasteiger partial charge in [-0.1, -0.05) is 6.07 Å². The summed E-state index contributed by atoms with van der Waals surface area (Å²) < 4.78 is 12.9. The van der Waals surface area contributed by atoms with Crippen LogP contribution in [0, 0.1) is 5.82 Å². The maximum Gasteiger partial charge on any atom is 0.257 e. The van der Waals surface area contributed by atoms with Gasteiger partial charge in [-0.3, -0.25) is 14.9 Å². The van der Waals surface area contributed by atoms with Gasteiger partial charge in [-0.05, 0) is 42.5 Å². The van der Waals surface area contributed by atoms with Crippen molar-refractivity contribution >= 4 is 34.0 Å². The number of hydrogen-bond donors (Lipinski definition) is 2. The number of carbonyl (C=O) groups is 2. The lowest BCUT2D eigenvalue weighted by atomic mass is 10.1. The Bertz CT molecular complexity index is 864. The van der Waals surface area contributed by atoms with Crippen molar-refractivity contribution in [2.24, 2.45) is 0 Å². The van der Waals surface area contributed by atoms with Gasteiger partial charge in [-0.15, -0.1) is 11.3 Å². The van der Waals surface area contributed by atoms with Gasteiger partial charge in [0.15, 0.2) is 5.13 Å². The summed E-state index contributed by atoms with van der Waals surface area (Å²) in [5, 5.41) is 7.61.